The van der Waals surface area contributed by atoms with Crippen LogP contribution < -0.4 is 14.8 Å². The van der Waals surface area contributed by atoms with Crippen LogP contribution in [0.1, 0.15) is 17.9 Å². The van der Waals surface area contributed by atoms with Gasteiger partial charge in [0.2, 0.25) is 0 Å². The molecule has 0 fully saturated rings. The van der Waals surface area contributed by atoms with Crippen molar-refractivity contribution in [2.45, 2.75) is 19.7 Å². The maximum Gasteiger partial charge on any atom is 0.320 e. The number of nitrogens with one attached hydrogen (secondary N) is 1. The molecule has 0 spiro atoms. The number of nitrogens with zero attached hydrogens (tertiary/aromatic N) is 2. The van der Waals surface area contributed by atoms with Crippen molar-refractivity contribution in [1.82, 2.24) is 14.9 Å². The number of methoxy groups -OCH3 is 1. The van der Waals surface area contributed by atoms with Crippen LogP contribution in [0.2, 0.25) is 0 Å². The van der Waals surface area contributed by atoms with E-state index in [9.17, 15) is 8.78 Å². The minimum Gasteiger partial charge on any atom is -0.493 e. The Morgan fingerprint density at radius 1 is 1.38 bits per heavy atom. The Morgan fingerprint density at radius 3 is 2.86 bits per heavy atom. The zero-order valence-corrected chi connectivity index (χ0v) is 11.8. The Hall–Kier alpha value is -2.15. The molecular formula is C14H17F2N3O2. The SMILES string of the molecule is CNCc1cccc(OC)c1OCc1nccn1C(F)F. The van der Waals surface area contributed by atoms with Crippen LogP contribution in [0.4, 0.5) is 8.78 Å². The third kappa shape index (κ3) is 3.49. The average molecular weight is 297 g/mol. The van der Waals surface area contributed by atoms with E-state index < -0.39 is 6.55 Å². The molecule has 5 nitrogen and oxygen atoms in total. The van der Waals surface area contributed by atoms with Gasteiger partial charge < -0.3 is 14.8 Å². The molecule has 0 unspecified atom stereocenters. The van der Waals surface area contributed by atoms with Gasteiger partial charge in [0.1, 0.15) is 6.61 Å². The Bertz CT molecular complexity index is 587. The van der Waals surface area contributed by atoms with E-state index in [1.165, 1.54) is 19.5 Å². The first kappa shape index (κ1) is 15.2. The van der Waals surface area contributed by atoms with Crippen molar-refractivity contribution < 1.29 is 18.3 Å². The highest BCUT2D eigenvalue weighted by Gasteiger charge is 2.15. The maximum atomic E-state index is 12.8. The molecule has 0 amide bonds. The van der Waals surface area contributed by atoms with Crippen LogP contribution in [0.15, 0.2) is 30.6 Å². The number of hydrogen-bond acceptors (Lipinski definition) is 4. The lowest BCUT2D eigenvalue weighted by molar-refractivity contribution is 0.0631. The van der Waals surface area contributed by atoms with Crippen molar-refractivity contribution in [2.24, 2.45) is 0 Å². The van der Waals surface area contributed by atoms with Crippen LogP contribution in [0, 0.1) is 0 Å². The molecule has 0 atom stereocenters. The van der Waals surface area contributed by atoms with Gasteiger partial charge in [-0.15, -0.1) is 0 Å². The predicted molar refractivity (Wildman–Crippen MR) is 73.6 cm³/mol. The fourth-order valence-corrected chi connectivity index (χ4v) is 1.99. The standard InChI is InChI=1S/C14H17F2N3O2/c1-17-8-10-4-3-5-11(20-2)13(10)21-9-12-18-6-7-19(12)14(15)16/h3-7,14,17H,8-9H2,1-2H3. The first-order valence-electron chi connectivity index (χ1n) is 6.40. The van der Waals surface area contributed by atoms with E-state index in [1.54, 1.807) is 6.07 Å². The summed E-state index contributed by atoms with van der Waals surface area (Å²) in [6.45, 7) is -2.12. The molecule has 0 aliphatic carbocycles. The van der Waals surface area contributed by atoms with E-state index in [0.717, 1.165) is 10.1 Å². The molecule has 0 aliphatic rings. The molecule has 0 saturated heterocycles. The third-order valence-corrected chi connectivity index (χ3v) is 2.95. The first-order valence-corrected chi connectivity index (χ1v) is 6.40. The minimum absolute atomic E-state index is 0.0611. The second kappa shape index (κ2) is 7.03. The molecule has 0 aliphatic heterocycles. The molecule has 1 N–H and O–H groups in total. The van der Waals surface area contributed by atoms with Crippen LogP contribution in [0.3, 0.4) is 0 Å². The number of para-hydroxylation sites is 1. The lowest BCUT2D eigenvalue weighted by Gasteiger charge is -2.15. The van der Waals surface area contributed by atoms with Crippen molar-refractivity contribution in [3.05, 3.63) is 42.0 Å². The first-order chi connectivity index (χ1) is 10.2. The minimum atomic E-state index is -2.64. The smallest absolute Gasteiger partial charge is 0.320 e. The van der Waals surface area contributed by atoms with Gasteiger partial charge in [-0.2, -0.15) is 8.78 Å². The van der Waals surface area contributed by atoms with Gasteiger partial charge in [-0.05, 0) is 13.1 Å². The van der Waals surface area contributed by atoms with Crippen LogP contribution in [-0.4, -0.2) is 23.7 Å². The summed E-state index contributed by atoms with van der Waals surface area (Å²) in [5.74, 6) is 1.24. The van der Waals surface area contributed by atoms with Crippen molar-refractivity contribution in [1.29, 1.82) is 0 Å². The third-order valence-electron chi connectivity index (χ3n) is 2.95. The van der Waals surface area contributed by atoms with Crippen molar-refractivity contribution in [3.63, 3.8) is 0 Å². The number of rotatable bonds is 7. The van der Waals surface area contributed by atoms with Gasteiger partial charge in [0.25, 0.3) is 0 Å². The predicted octanol–water partition coefficient (Wildman–Crippen LogP) is 2.59. The quantitative estimate of drug-likeness (QED) is 0.853. The van der Waals surface area contributed by atoms with Gasteiger partial charge in [0.05, 0.1) is 7.11 Å². The van der Waals surface area contributed by atoms with E-state index in [2.05, 4.69) is 10.3 Å². The van der Waals surface area contributed by atoms with Gasteiger partial charge in [-0.25, -0.2) is 4.98 Å². The van der Waals surface area contributed by atoms with Crippen LogP contribution in [0.5, 0.6) is 11.5 Å². The van der Waals surface area contributed by atoms with Crippen LogP contribution >= 0.6 is 0 Å². The van der Waals surface area contributed by atoms with E-state index in [-0.39, 0.29) is 12.4 Å². The molecule has 1 heterocycles. The van der Waals surface area contributed by atoms with Crippen molar-refractivity contribution in [2.75, 3.05) is 14.2 Å². The molecular weight excluding hydrogens is 280 g/mol. The molecule has 1 aromatic heterocycles. The molecule has 2 rings (SSSR count). The summed E-state index contributed by atoms with van der Waals surface area (Å²) in [6, 6.07) is 5.49. The lowest BCUT2D eigenvalue weighted by Crippen LogP contribution is -2.11. The van der Waals surface area contributed by atoms with Crippen LogP contribution in [0.25, 0.3) is 0 Å². The topological polar surface area (TPSA) is 48.3 Å². The zero-order valence-electron chi connectivity index (χ0n) is 11.8. The number of benzene rings is 1. The monoisotopic (exact) mass is 297 g/mol. The molecule has 1 aromatic carbocycles. The van der Waals surface area contributed by atoms with Gasteiger partial charge in [0.15, 0.2) is 17.3 Å². The molecule has 0 radical (unpaired) electrons. The Labute approximate surface area is 121 Å². The molecule has 21 heavy (non-hydrogen) atoms. The average Bonchev–Trinajstić information content (AvgIpc) is 2.94. The van der Waals surface area contributed by atoms with E-state index in [1.807, 2.05) is 19.2 Å². The number of alkyl halides is 2. The Morgan fingerprint density at radius 2 is 2.19 bits per heavy atom. The summed E-state index contributed by atoms with van der Waals surface area (Å²) in [6.07, 6.45) is 2.54. The van der Waals surface area contributed by atoms with Gasteiger partial charge in [-0.1, -0.05) is 12.1 Å². The summed E-state index contributed by atoms with van der Waals surface area (Å²) in [5, 5.41) is 3.02. The van der Waals surface area contributed by atoms with Gasteiger partial charge in [0, 0.05) is 24.5 Å². The Kier molecular flexibility index (Phi) is 5.10. The van der Waals surface area contributed by atoms with Crippen molar-refractivity contribution >= 4 is 0 Å². The molecule has 114 valence electrons. The normalized spacial score (nSPS) is 10.9. The van der Waals surface area contributed by atoms with Crippen molar-refractivity contribution in [3.8, 4) is 11.5 Å². The summed E-state index contributed by atoms with van der Waals surface area (Å²) in [4.78, 5) is 3.89. The maximum absolute atomic E-state index is 12.8. The summed E-state index contributed by atoms with van der Waals surface area (Å²) < 4.78 is 37.2. The van der Waals surface area contributed by atoms with Gasteiger partial charge in [-0.3, -0.25) is 4.57 Å². The zero-order chi connectivity index (χ0) is 15.2. The highest BCUT2D eigenvalue weighted by Crippen LogP contribution is 2.31. The number of imidazole rings is 1. The fourth-order valence-electron chi connectivity index (χ4n) is 1.99. The number of ether oxygens (including phenoxy) is 2. The molecule has 2 aromatic rings. The number of halogens is 2. The molecule has 0 saturated carbocycles. The second-order valence-corrected chi connectivity index (χ2v) is 4.30. The van der Waals surface area contributed by atoms with E-state index in [4.69, 9.17) is 9.47 Å². The van der Waals surface area contributed by atoms with Gasteiger partial charge >= 0.3 is 6.55 Å². The van der Waals surface area contributed by atoms with Crippen LogP contribution in [-0.2, 0) is 13.2 Å². The Balaban J connectivity index is 2.20. The largest absolute Gasteiger partial charge is 0.493 e. The number of aromatic nitrogens is 2. The lowest BCUT2D eigenvalue weighted by atomic mass is 10.2. The van der Waals surface area contributed by atoms with E-state index in [0.29, 0.717) is 18.0 Å². The van der Waals surface area contributed by atoms with E-state index >= 15 is 0 Å². The molecule has 7 heteroatoms. The highest BCUT2D eigenvalue weighted by molar-refractivity contribution is 5.46. The number of hydrogen-bond donors (Lipinski definition) is 1. The summed E-state index contributed by atoms with van der Waals surface area (Å²) in [7, 11) is 3.35. The molecule has 0 bridgehead atoms. The fraction of sp³-hybridized carbons (Fsp3) is 0.357. The highest BCUT2D eigenvalue weighted by atomic mass is 19.3. The summed E-state index contributed by atoms with van der Waals surface area (Å²) >= 11 is 0. The second-order valence-electron chi connectivity index (χ2n) is 4.30. The summed E-state index contributed by atoms with van der Waals surface area (Å²) in [5.41, 5.74) is 0.881.